The number of aryl methyl sites for hydroxylation is 1. The van der Waals surface area contributed by atoms with Gasteiger partial charge in [-0.3, -0.25) is 4.79 Å². The summed E-state index contributed by atoms with van der Waals surface area (Å²) in [5.41, 5.74) is 1.03. The standard InChI is InChI=1S/C12H14N2O3/c1-13-7-5-4-6-8-9(7)11(17-3)10(15)12(16)14(8)2/h4-6,13,15H,1-3H3. The van der Waals surface area contributed by atoms with Gasteiger partial charge in [0, 0.05) is 19.8 Å². The van der Waals surface area contributed by atoms with Gasteiger partial charge in [0.05, 0.1) is 18.0 Å². The molecule has 17 heavy (non-hydrogen) atoms. The summed E-state index contributed by atoms with van der Waals surface area (Å²) >= 11 is 0. The molecule has 0 unspecified atom stereocenters. The van der Waals surface area contributed by atoms with Crippen LogP contribution in [0.15, 0.2) is 23.0 Å². The number of aromatic hydroxyl groups is 1. The van der Waals surface area contributed by atoms with Crippen LogP contribution in [0.4, 0.5) is 5.69 Å². The second-order valence-electron chi connectivity index (χ2n) is 3.70. The van der Waals surface area contributed by atoms with E-state index in [4.69, 9.17) is 4.74 Å². The number of benzene rings is 1. The zero-order chi connectivity index (χ0) is 12.6. The van der Waals surface area contributed by atoms with Gasteiger partial charge in [0.15, 0.2) is 5.75 Å². The summed E-state index contributed by atoms with van der Waals surface area (Å²) in [6.07, 6.45) is 0. The number of pyridine rings is 1. The maximum absolute atomic E-state index is 11.8. The quantitative estimate of drug-likeness (QED) is 0.822. The second kappa shape index (κ2) is 4.01. The summed E-state index contributed by atoms with van der Waals surface area (Å²) < 4.78 is 6.53. The highest BCUT2D eigenvalue weighted by molar-refractivity contribution is 5.98. The molecule has 0 atom stereocenters. The van der Waals surface area contributed by atoms with Gasteiger partial charge in [0.25, 0.3) is 5.56 Å². The van der Waals surface area contributed by atoms with Crippen molar-refractivity contribution in [1.29, 1.82) is 0 Å². The van der Waals surface area contributed by atoms with Crippen molar-refractivity contribution in [3.8, 4) is 11.5 Å². The number of nitrogens with zero attached hydrogens (tertiary/aromatic N) is 1. The SMILES string of the molecule is CNc1cccc2c1c(OC)c(O)c(=O)n2C. The van der Waals surface area contributed by atoms with Crippen molar-refractivity contribution in [3.63, 3.8) is 0 Å². The second-order valence-corrected chi connectivity index (χ2v) is 3.70. The van der Waals surface area contributed by atoms with Crippen molar-refractivity contribution < 1.29 is 9.84 Å². The summed E-state index contributed by atoms with van der Waals surface area (Å²) in [6, 6.07) is 5.50. The molecule has 2 N–H and O–H groups in total. The number of ether oxygens (including phenoxy) is 1. The van der Waals surface area contributed by atoms with Crippen molar-refractivity contribution in [1.82, 2.24) is 4.57 Å². The maximum Gasteiger partial charge on any atom is 0.296 e. The average molecular weight is 234 g/mol. The van der Waals surface area contributed by atoms with Gasteiger partial charge in [-0.2, -0.15) is 0 Å². The molecule has 0 amide bonds. The highest BCUT2D eigenvalue weighted by atomic mass is 16.5. The van der Waals surface area contributed by atoms with Crippen LogP contribution in [0.1, 0.15) is 0 Å². The van der Waals surface area contributed by atoms with E-state index >= 15 is 0 Å². The van der Waals surface area contributed by atoms with E-state index in [-0.39, 0.29) is 11.5 Å². The molecule has 0 spiro atoms. The van der Waals surface area contributed by atoms with Gasteiger partial charge in [0.1, 0.15) is 0 Å². The first-order chi connectivity index (χ1) is 8.11. The molecule has 1 heterocycles. The summed E-state index contributed by atoms with van der Waals surface area (Å²) in [6.45, 7) is 0. The van der Waals surface area contributed by atoms with Gasteiger partial charge in [-0.25, -0.2) is 0 Å². The fourth-order valence-corrected chi connectivity index (χ4v) is 1.95. The molecular formula is C12H14N2O3. The monoisotopic (exact) mass is 234 g/mol. The molecule has 5 heteroatoms. The first-order valence-corrected chi connectivity index (χ1v) is 5.18. The van der Waals surface area contributed by atoms with E-state index in [1.165, 1.54) is 11.7 Å². The lowest BCUT2D eigenvalue weighted by Crippen LogP contribution is -2.17. The third kappa shape index (κ3) is 1.51. The van der Waals surface area contributed by atoms with Gasteiger partial charge in [0.2, 0.25) is 5.75 Å². The predicted octanol–water partition coefficient (Wildman–Crippen LogP) is 1.29. The lowest BCUT2D eigenvalue weighted by molar-refractivity contribution is 0.372. The zero-order valence-electron chi connectivity index (χ0n) is 9.94. The smallest absolute Gasteiger partial charge is 0.296 e. The Kier molecular flexibility index (Phi) is 2.67. The van der Waals surface area contributed by atoms with Gasteiger partial charge in [-0.15, -0.1) is 0 Å². The van der Waals surface area contributed by atoms with E-state index in [0.29, 0.717) is 10.9 Å². The third-order valence-corrected chi connectivity index (χ3v) is 2.83. The van der Waals surface area contributed by atoms with Crippen molar-refractivity contribution >= 4 is 16.6 Å². The van der Waals surface area contributed by atoms with Gasteiger partial charge >= 0.3 is 0 Å². The molecule has 0 radical (unpaired) electrons. The normalized spacial score (nSPS) is 10.5. The molecule has 0 saturated heterocycles. The lowest BCUT2D eigenvalue weighted by Gasteiger charge is -2.14. The Labute approximate surface area is 98.3 Å². The molecule has 0 aliphatic carbocycles. The van der Waals surface area contributed by atoms with E-state index in [1.54, 1.807) is 20.2 Å². The molecule has 0 bridgehead atoms. The van der Waals surface area contributed by atoms with Crippen LogP contribution in [0.3, 0.4) is 0 Å². The molecule has 0 saturated carbocycles. The van der Waals surface area contributed by atoms with E-state index in [2.05, 4.69) is 5.32 Å². The fourth-order valence-electron chi connectivity index (χ4n) is 1.95. The molecule has 1 aromatic carbocycles. The predicted molar refractivity (Wildman–Crippen MR) is 67.0 cm³/mol. The van der Waals surface area contributed by atoms with E-state index in [1.807, 2.05) is 12.1 Å². The number of fused-ring (bicyclic) bond motifs is 1. The summed E-state index contributed by atoms with van der Waals surface area (Å²) in [5, 5.41) is 13.5. The van der Waals surface area contributed by atoms with Gasteiger partial charge in [-0.05, 0) is 12.1 Å². The fraction of sp³-hybridized carbons (Fsp3) is 0.250. The number of rotatable bonds is 2. The van der Waals surface area contributed by atoms with E-state index < -0.39 is 5.56 Å². The highest BCUT2D eigenvalue weighted by Gasteiger charge is 2.17. The van der Waals surface area contributed by atoms with Crippen LogP contribution in [0.5, 0.6) is 11.5 Å². The minimum atomic E-state index is -0.470. The Morgan fingerprint density at radius 2 is 2.12 bits per heavy atom. The van der Waals surface area contributed by atoms with Crippen molar-refractivity contribution in [2.24, 2.45) is 7.05 Å². The van der Waals surface area contributed by atoms with Crippen LogP contribution < -0.4 is 15.6 Å². The zero-order valence-corrected chi connectivity index (χ0v) is 9.94. The molecule has 5 nitrogen and oxygen atoms in total. The molecule has 0 aliphatic heterocycles. The van der Waals surface area contributed by atoms with Gasteiger partial charge < -0.3 is 19.7 Å². The lowest BCUT2D eigenvalue weighted by atomic mass is 10.1. The molecule has 0 fully saturated rings. The Hall–Kier alpha value is -2.17. The number of aromatic nitrogens is 1. The topological polar surface area (TPSA) is 63.5 Å². The minimum absolute atomic E-state index is 0.202. The molecule has 90 valence electrons. The molecular weight excluding hydrogens is 220 g/mol. The Balaban J connectivity index is 3.07. The van der Waals surface area contributed by atoms with Crippen LogP contribution >= 0.6 is 0 Å². The largest absolute Gasteiger partial charge is 0.500 e. The van der Waals surface area contributed by atoms with Crippen LogP contribution in [-0.2, 0) is 7.05 Å². The van der Waals surface area contributed by atoms with Gasteiger partial charge in [-0.1, -0.05) is 6.07 Å². The average Bonchev–Trinajstić information content (AvgIpc) is 2.36. The number of anilines is 1. The molecule has 0 aliphatic rings. The van der Waals surface area contributed by atoms with Crippen molar-refractivity contribution in [2.75, 3.05) is 19.5 Å². The number of hydrogen-bond donors (Lipinski definition) is 2. The van der Waals surface area contributed by atoms with E-state index in [0.717, 1.165) is 5.69 Å². The highest BCUT2D eigenvalue weighted by Crippen LogP contribution is 2.36. The number of nitrogens with one attached hydrogen (secondary N) is 1. The molecule has 2 aromatic rings. The third-order valence-electron chi connectivity index (χ3n) is 2.83. The van der Waals surface area contributed by atoms with Crippen LogP contribution in [0.25, 0.3) is 10.9 Å². The van der Waals surface area contributed by atoms with Crippen LogP contribution in [0, 0.1) is 0 Å². The summed E-state index contributed by atoms with van der Waals surface area (Å²) in [5.74, 6) is -0.168. The van der Waals surface area contributed by atoms with E-state index in [9.17, 15) is 9.90 Å². The van der Waals surface area contributed by atoms with Crippen LogP contribution in [-0.4, -0.2) is 23.8 Å². The maximum atomic E-state index is 11.8. The van der Waals surface area contributed by atoms with Crippen molar-refractivity contribution in [2.45, 2.75) is 0 Å². The first kappa shape index (κ1) is 11.3. The Morgan fingerprint density at radius 3 is 2.71 bits per heavy atom. The number of methoxy groups -OCH3 is 1. The Bertz CT molecular complexity index is 632. The summed E-state index contributed by atoms with van der Waals surface area (Å²) in [4.78, 5) is 11.8. The van der Waals surface area contributed by atoms with Crippen LogP contribution in [0.2, 0.25) is 0 Å². The number of hydrogen-bond acceptors (Lipinski definition) is 4. The Morgan fingerprint density at radius 1 is 1.41 bits per heavy atom. The van der Waals surface area contributed by atoms with Crippen molar-refractivity contribution in [3.05, 3.63) is 28.6 Å². The molecule has 2 rings (SSSR count). The minimum Gasteiger partial charge on any atom is -0.500 e. The molecule has 1 aromatic heterocycles. The summed E-state index contributed by atoms with van der Waals surface area (Å²) in [7, 11) is 4.82. The first-order valence-electron chi connectivity index (χ1n) is 5.18.